The molecule has 2 N–H and O–H groups in total. The standard InChI is InChI=1S/C23H22ClN3O4S/c24-18-8-6-16(7-9-18)15-26-10-12-27(13-11-26)22(28)25-19-14-20(17-4-2-1-3-5-17)32-21(19)31-23(29)30/h1-9,14H,10-13,15H2,(H,25,28)(H,29,30). The second-order valence-electron chi connectivity index (χ2n) is 7.37. The highest BCUT2D eigenvalue weighted by molar-refractivity contribution is 7.18. The van der Waals surface area contributed by atoms with Crippen molar-refractivity contribution in [3.8, 4) is 15.5 Å². The van der Waals surface area contributed by atoms with E-state index in [1.54, 1.807) is 11.0 Å². The molecule has 0 bridgehead atoms. The van der Waals surface area contributed by atoms with E-state index in [2.05, 4.69) is 10.2 Å². The Balaban J connectivity index is 1.38. The van der Waals surface area contributed by atoms with Crippen LogP contribution < -0.4 is 10.1 Å². The van der Waals surface area contributed by atoms with Crippen LogP contribution in [-0.4, -0.2) is 53.3 Å². The highest BCUT2D eigenvalue weighted by atomic mass is 35.5. The zero-order valence-corrected chi connectivity index (χ0v) is 18.7. The van der Waals surface area contributed by atoms with Crippen LogP contribution in [0, 0.1) is 0 Å². The van der Waals surface area contributed by atoms with Crippen LogP contribution in [-0.2, 0) is 6.54 Å². The first-order valence-electron chi connectivity index (χ1n) is 10.1. The summed E-state index contributed by atoms with van der Waals surface area (Å²) >= 11 is 7.12. The molecule has 166 valence electrons. The highest BCUT2D eigenvalue weighted by Crippen LogP contribution is 2.41. The molecular formula is C23H22ClN3O4S. The van der Waals surface area contributed by atoms with Crippen LogP contribution in [0.3, 0.4) is 0 Å². The molecule has 0 spiro atoms. The van der Waals surface area contributed by atoms with Gasteiger partial charge >= 0.3 is 12.2 Å². The number of carbonyl (C=O) groups excluding carboxylic acids is 1. The van der Waals surface area contributed by atoms with Gasteiger partial charge in [0.25, 0.3) is 0 Å². The second-order valence-corrected chi connectivity index (χ2v) is 8.82. The minimum atomic E-state index is -1.42. The Morgan fingerprint density at radius 2 is 1.72 bits per heavy atom. The van der Waals surface area contributed by atoms with Gasteiger partial charge in [0, 0.05) is 42.6 Å². The van der Waals surface area contributed by atoms with Crippen molar-refractivity contribution in [1.29, 1.82) is 0 Å². The molecule has 1 aliphatic heterocycles. The van der Waals surface area contributed by atoms with E-state index in [9.17, 15) is 9.59 Å². The summed E-state index contributed by atoms with van der Waals surface area (Å²) in [5.74, 6) is 0. The number of carboxylic acid groups (broad SMARTS) is 1. The van der Waals surface area contributed by atoms with E-state index in [4.69, 9.17) is 21.4 Å². The summed E-state index contributed by atoms with van der Waals surface area (Å²) in [6.07, 6.45) is -1.42. The lowest BCUT2D eigenvalue weighted by atomic mass is 10.2. The number of urea groups is 1. The third-order valence-electron chi connectivity index (χ3n) is 5.16. The van der Waals surface area contributed by atoms with Crippen molar-refractivity contribution in [3.63, 3.8) is 0 Å². The molecule has 0 aliphatic carbocycles. The topological polar surface area (TPSA) is 82.1 Å². The first kappa shape index (κ1) is 22.1. The minimum absolute atomic E-state index is 0.145. The van der Waals surface area contributed by atoms with Crippen molar-refractivity contribution in [2.45, 2.75) is 6.54 Å². The highest BCUT2D eigenvalue weighted by Gasteiger charge is 2.23. The van der Waals surface area contributed by atoms with Crippen LogP contribution in [0.2, 0.25) is 5.02 Å². The van der Waals surface area contributed by atoms with Crippen LogP contribution in [0.25, 0.3) is 10.4 Å². The number of hydrogen-bond acceptors (Lipinski definition) is 5. The molecule has 7 nitrogen and oxygen atoms in total. The van der Waals surface area contributed by atoms with Crippen LogP contribution >= 0.6 is 22.9 Å². The lowest BCUT2D eigenvalue weighted by Crippen LogP contribution is -2.49. The number of ether oxygens (including phenoxy) is 1. The molecule has 0 unspecified atom stereocenters. The molecule has 2 amide bonds. The number of halogens is 1. The van der Waals surface area contributed by atoms with Gasteiger partial charge in [-0.05, 0) is 29.3 Å². The van der Waals surface area contributed by atoms with Crippen LogP contribution in [0.15, 0.2) is 60.7 Å². The maximum Gasteiger partial charge on any atom is 0.512 e. The van der Waals surface area contributed by atoms with Crippen molar-refractivity contribution in [3.05, 3.63) is 71.2 Å². The normalized spacial score (nSPS) is 14.2. The third kappa shape index (κ3) is 5.59. The summed E-state index contributed by atoms with van der Waals surface area (Å²) in [7, 11) is 0. The van der Waals surface area contributed by atoms with Crippen LogP contribution in [0.5, 0.6) is 5.06 Å². The SMILES string of the molecule is O=C(O)Oc1sc(-c2ccccc2)cc1NC(=O)N1CCN(Cc2ccc(Cl)cc2)CC1. The van der Waals surface area contributed by atoms with Crippen LogP contribution in [0.4, 0.5) is 15.3 Å². The number of carbonyl (C=O) groups is 2. The summed E-state index contributed by atoms with van der Waals surface area (Å²) in [5, 5.41) is 12.7. The maximum atomic E-state index is 12.8. The Kier molecular flexibility index (Phi) is 6.94. The van der Waals surface area contributed by atoms with Gasteiger partial charge in [0.05, 0.1) is 5.69 Å². The molecule has 0 radical (unpaired) electrons. The van der Waals surface area contributed by atoms with Gasteiger partial charge in [0.2, 0.25) is 5.06 Å². The molecule has 1 fully saturated rings. The monoisotopic (exact) mass is 471 g/mol. The molecule has 0 atom stereocenters. The largest absolute Gasteiger partial charge is 0.512 e. The summed E-state index contributed by atoms with van der Waals surface area (Å²) < 4.78 is 4.91. The fraction of sp³-hybridized carbons (Fsp3) is 0.217. The molecule has 4 rings (SSSR count). The number of nitrogens with zero attached hydrogens (tertiary/aromatic N) is 2. The van der Waals surface area contributed by atoms with E-state index in [1.165, 1.54) is 16.9 Å². The Hall–Kier alpha value is -3.07. The van der Waals surface area contributed by atoms with Crippen molar-refractivity contribution in [1.82, 2.24) is 9.80 Å². The number of amides is 2. The Labute approximate surface area is 194 Å². The Morgan fingerprint density at radius 1 is 1.03 bits per heavy atom. The molecule has 2 heterocycles. The van der Waals surface area contributed by atoms with E-state index in [0.717, 1.165) is 30.1 Å². The number of nitrogens with one attached hydrogen (secondary N) is 1. The second kappa shape index (κ2) is 10.0. The fourth-order valence-electron chi connectivity index (χ4n) is 3.51. The number of hydrogen-bond donors (Lipinski definition) is 2. The van der Waals surface area contributed by atoms with Gasteiger partial charge < -0.3 is 20.1 Å². The molecule has 9 heteroatoms. The molecule has 32 heavy (non-hydrogen) atoms. The van der Waals surface area contributed by atoms with Crippen molar-refractivity contribution >= 4 is 40.8 Å². The average molecular weight is 472 g/mol. The number of piperazine rings is 1. The quantitative estimate of drug-likeness (QED) is 0.482. The molecule has 0 saturated carbocycles. The number of benzene rings is 2. The first-order chi connectivity index (χ1) is 15.5. The van der Waals surface area contributed by atoms with Crippen molar-refractivity contribution in [2.24, 2.45) is 0 Å². The fourth-order valence-corrected chi connectivity index (χ4v) is 4.60. The predicted octanol–water partition coefficient (Wildman–Crippen LogP) is 5.48. The predicted molar refractivity (Wildman–Crippen MR) is 126 cm³/mol. The number of anilines is 1. The lowest BCUT2D eigenvalue weighted by Gasteiger charge is -2.34. The summed E-state index contributed by atoms with van der Waals surface area (Å²) in [6.45, 7) is 3.43. The van der Waals surface area contributed by atoms with Gasteiger partial charge in [0.1, 0.15) is 0 Å². The number of rotatable bonds is 5. The van der Waals surface area contributed by atoms with Gasteiger partial charge in [-0.25, -0.2) is 9.59 Å². The van der Waals surface area contributed by atoms with E-state index in [-0.39, 0.29) is 11.1 Å². The van der Waals surface area contributed by atoms with E-state index in [1.807, 2.05) is 54.6 Å². The van der Waals surface area contributed by atoms with Crippen molar-refractivity contribution in [2.75, 3.05) is 31.5 Å². The van der Waals surface area contributed by atoms with Gasteiger partial charge in [-0.3, -0.25) is 4.90 Å². The van der Waals surface area contributed by atoms with Gasteiger partial charge in [-0.1, -0.05) is 65.4 Å². The first-order valence-corrected chi connectivity index (χ1v) is 11.3. The van der Waals surface area contributed by atoms with Crippen LogP contribution in [0.1, 0.15) is 5.56 Å². The van der Waals surface area contributed by atoms with E-state index in [0.29, 0.717) is 23.8 Å². The molecule has 1 saturated heterocycles. The maximum absolute atomic E-state index is 12.8. The zero-order valence-electron chi connectivity index (χ0n) is 17.2. The van der Waals surface area contributed by atoms with Gasteiger partial charge in [0.15, 0.2) is 0 Å². The van der Waals surface area contributed by atoms with E-state index >= 15 is 0 Å². The molecule has 1 aliphatic rings. The molecule has 3 aromatic rings. The smallest absolute Gasteiger partial charge is 0.449 e. The Morgan fingerprint density at radius 3 is 2.38 bits per heavy atom. The summed E-state index contributed by atoms with van der Waals surface area (Å²) in [4.78, 5) is 28.8. The zero-order chi connectivity index (χ0) is 22.5. The molecule has 1 aromatic heterocycles. The summed E-state index contributed by atoms with van der Waals surface area (Å²) in [6, 6.07) is 18.8. The van der Waals surface area contributed by atoms with Crippen molar-refractivity contribution < 1.29 is 19.4 Å². The Bertz CT molecular complexity index is 1080. The molecular weight excluding hydrogens is 450 g/mol. The molecule has 2 aromatic carbocycles. The van der Waals surface area contributed by atoms with Gasteiger partial charge in [-0.2, -0.15) is 0 Å². The lowest BCUT2D eigenvalue weighted by molar-refractivity contribution is 0.142. The summed E-state index contributed by atoms with van der Waals surface area (Å²) in [5.41, 5.74) is 2.45. The van der Waals surface area contributed by atoms with E-state index < -0.39 is 6.16 Å². The average Bonchev–Trinajstić information content (AvgIpc) is 3.18. The third-order valence-corrected chi connectivity index (χ3v) is 6.47. The number of thiophene rings is 1. The minimum Gasteiger partial charge on any atom is -0.449 e. The van der Waals surface area contributed by atoms with Gasteiger partial charge in [-0.15, -0.1) is 0 Å².